The van der Waals surface area contributed by atoms with E-state index in [0.717, 1.165) is 79.2 Å². The number of piperazine rings is 1. The number of phenolic OH excluding ortho intramolecular Hbond substituents is 1. The molecule has 10 nitrogen and oxygen atoms in total. The number of ether oxygens (including phenoxy) is 1. The van der Waals surface area contributed by atoms with Crippen molar-refractivity contribution in [3.8, 4) is 34.2 Å². The minimum absolute atomic E-state index is 0.133. The third kappa shape index (κ3) is 4.31. The third-order valence-corrected chi connectivity index (χ3v) is 10.3. The Balaban J connectivity index is 0.940. The van der Waals surface area contributed by atoms with Crippen molar-refractivity contribution in [2.24, 2.45) is 5.41 Å². The quantitative estimate of drug-likeness (QED) is 0.278. The molecule has 5 aromatic rings. The molecule has 2 unspecified atom stereocenters. The Morgan fingerprint density at radius 2 is 1.87 bits per heavy atom. The average Bonchev–Trinajstić information content (AvgIpc) is 3.67. The number of nitrogens with one attached hydrogen (secondary N) is 1. The smallest absolute Gasteiger partial charge is 0.138 e. The van der Waals surface area contributed by atoms with E-state index in [4.69, 9.17) is 9.72 Å². The summed E-state index contributed by atoms with van der Waals surface area (Å²) in [6.07, 6.45) is 10.7. The summed E-state index contributed by atoms with van der Waals surface area (Å²) in [6, 6.07) is 13.6. The predicted octanol–water partition coefficient (Wildman–Crippen LogP) is 5.02. The molecule has 11 heteroatoms. The van der Waals surface area contributed by atoms with Crippen LogP contribution in [0.15, 0.2) is 61.2 Å². The first-order chi connectivity index (χ1) is 21.9. The lowest BCUT2D eigenvalue weighted by atomic mass is 9.64. The fraction of sp³-hybridized carbons (Fsp3) is 0.353. The van der Waals surface area contributed by atoms with Crippen molar-refractivity contribution in [2.45, 2.75) is 43.9 Å². The molecule has 0 radical (unpaired) electrons. The van der Waals surface area contributed by atoms with Gasteiger partial charge in [0.05, 0.1) is 36.7 Å². The fourth-order valence-corrected chi connectivity index (χ4v) is 7.79. The monoisotopic (exact) mass is 602 g/mol. The summed E-state index contributed by atoms with van der Waals surface area (Å²) in [7, 11) is 0. The molecule has 2 N–H and O–H groups in total. The van der Waals surface area contributed by atoms with Crippen molar-refractivity contribution in [3.05, 3.63) is 78.1 Å². The number of piperidine rings is 1. The first-order valence-electron chi connectivity index (χ1n) is 15.4. The molecule has 4 aromatic heterocycles. The molecule has 1 aromatic carbocycles. The van der Waals surface area contributed by atoms with Crippen molar-refractivity contribution in [2.75, 3.05) is 31.2 Å². The number of rotatable bonds is 6. The van der Waals surface area contributed by atoms with E-state index >= 15 is 0 Å². The Bertz CT molecular complexity index is 1970. The molecule has 226 valence electrons. The lowest BCUT2D eigenvalue weighted by Crippen LogP contribution is -2.68. The van der Waals surface area contributed by atoms with Gasteiger partial charge in [-0.25, -0.2) is 14.4 Å². The van der Waals surface area contributed by atoms with Crippen LogP contribution >= 0.6 is 0 Å². The van der Waals surface area contributed by atoms with E-state index in [0.29, 0.717) is 46.9 Å². The van der Waals surface area contributed by atoms with Crippen molar-refractivity contribution in [3.63, 3.8) is 0 Å². The van der Waals surface area contributed by atoms with E-state index < -0.39 is 0 Å². The molecule has 8 heterocycles. The largest absolute Gasteiger partial charge is 0.508 e. The molecule has 4 aliphatic heterocycles. The average molecular weight is 603 g/mol. The van der Waals surface area contributed by atoms with Crippen LogP contribution in [0.5, 0.6) is 5.75 Å². The van der Waals surface area contributed by atoms with Crippen molar-refractivity contribution < 1.29 is 14.2 Å². The van der Waals surface area contributed by atoms with Gasteiger partial charge in [-0.05, 0) is 55.7 Å². The summed E-state index contributed by atoms with van der Waals surface area (Å²) in [5.74, 6) is 0.686. The van der Waals surface area contributed by atoms with Crippen LogP contribution < -0.4 is 4.90 Å². The summed E-state index contributed by atoms with van der Waals surface area (Å²) >= 11 is 0. The Morgan fingerprint density at radius 1 is 1.02 bits per heavy atom. The summed E-state index contributed by atoms with van der Waals surface area (Å²) in [5, 5.41) is 25.7. The number of anilines is 1. The zero-order valence-corrected chi connectivity index (χ0v) is 24.5. The maximum absolute atomic E-state index is 13.8. The molecule has 10 rings (SSSR count). The molecule has 45 heavy (non-hydrogen) atoms. The van der Waals surface area contributed by atoms with Gasteiger partial charge in [-0.1, -0.05) is 0 Å². The highest BCUT2D eigenvalue weighted by Crippen LogP contribution is 2.53. The highest BCUT2D eigenvalue weighted by molar-refractivity contribution is 5.98. The summed E-state index contributed by atoms with van der Waals surface area (Å²) in [4.78, 5) is 17.4. The van der Waals surface area contributed by atoms with E-state index in [-0.39, 0.29) is 11.6 Å². The lowest BCUT2D eigenvalue weighted by molar-refractivity contribution is -0.175. The molecule has 1 saturated carbocycles. The molecular weight excluding hydrogens is 571 g/mol. The normalized spacial score (nSPS) is 22.2. The number of pyridine rings is 2. The second-order valence-electron chi connectivity index (χ2n) is 13.2. The number of nitriles is 1. The molecule has 2 bridgehead atoms. The van der Waals surface area contributed by atoms with Gasteiger partial charge >= 0.3 is 0 Å². The third-order valence-electron chi connectivity index (χ3n) is 10.3. The SMILES string of the molecule is N#Cc1cnc2[nH]c(-c3cnn(C4CC5(COC5)C4)c3)cc2c1-c1ccc(N2CC3CC(C2)N3Cc2cc(F)ccc2O)nc1. The predicted molar refractivity (Wildman–Crippen MR) is 165 cm³/mol. The minimum Gasteiger partial charge on any atom is -0.508 e. The number of benzene rings is 1. The zero-order valence-electron chi connectivity index (χ0n) is 24.5. The number of aromatic amines is 1. The van der Waals surface area contributed by atoms with Crippen LogP contribution in [0, 0.1) is 22.6 Å². The van der Waals surface area contributed by atoms with Crippen LogP contribution in [0.4, 0.5) is 10.2 Å². The van der Waals surface area contributed by atoms with Crippen molar-refractivity contribution in [1.82, 2.24) is 29.6 Å². The number of fused-ring (bicyclic) bond motifs is 3. The first-order valence-corrected chi connectivity index (χ1v) is 15.4. The number of H-pyrrole nitrogens is 1. The minimum atomic E-state index is -0.334. The second kappa shape index (κ2) is 9.86. The molecular formula is C34H31FN8O2. The zero-order chi connectivity index (χ0) is 30.3. The van der Waals surface area contributed by atoms with Gasteiger partial charge in [0.15, 0.2) is 0 Å². The standard InChI is InChI=1S/C34H31FN8O2/c35-24-2-3-30(44)21(5-24)14-42-25-6-26(42)17-41(16-25)31-4-1-20(11-37-31)32-22(10-36)12-38-33-28(32)7-29(40-33)23-13-39-43(15-23)27-8-34(9-27)18-45-19-34/h1-5,7,11-13,15,25-27,44H,6,8-9,14,16-19H2,(H,38,40). The fourth-order valence-electron chi connectivity index (χ4n) is 7.79. The van der Waals surface area contributed by atoms with Gasteiger partial charge in [0.2, 0.25) is 0 Å². The molecule has 1 aliphatic carbocycles. The molecule has 5 fully saturated rings. The van der Waals surface area contributed by atoms with Gasteiger partial charge in [-0.2, -0.15) is 10.4 Å². The lowest BCUT2D eigenvalue weighted by Gasteiger charge is -2.56. The Labute approximate surface area is 258 Å². The van der Waals surface area contributed by atoms with E-state index in [9.17, 15) is 14.8 Å². The summed E-state index contributed by atoms with van der Waals surface area (Å²) in [5.41, 5.74) is 5.77. The van der Waals surface area contributed by atoms with Crippen LogP contribution in [0.25, 0.3) is 33.4 Å². The summed E-state index contributed by atoms with van der Waals surface area (Å²) < 4.78 is 21.2. The Kier molecular flexibility index (Phi) is 5.83. The molecule has 1 spiro atoms. The topological polar surface area (TPSA) is 119 Å². The molecule has 5 aliphatic rings. The Hall–Kier alpha value is -4.79. The maximum atomic E-state index is 13.8. The highest BCUT2D eigenvalue weighted by Gasteiger charge is 2.50. The second-order valence-corrected chi connectivity index (χ2v) is 13.2. The van der Waals surface area contributed by atoms with Crippen LogP contribution in [0.2, 0.25) is 0 Å². The number of hydrogen-bond acceptors (Lipinski definition) is 8. The highest BCUT2D eigenvalue weighted by atomic mass is 19.1. The van der Waals surface area contributed by atoms with Gasteiger partial charge in [0.1, 0.15) is 29.1 Å². The van der Waals surface area contributed by atoms with Crippen LogP contribution in [0.3, 0.4) is 0 Å². The van der Waals surface area contributed by atoms with Crippen LogP contribution in [0.1, 0.15) is 36.4 Å². The number of phenols is 1. The van der Waals surface area contributed by atoms with E-state index in [1.54, 1.807) is 6.20 Å². The van der Waals surface area contributed by atoms with Crippen LogP contribution in [-0.4, -0.2) is 73.1 Å². The van der Waals surface area contributed by atoms with E-state index in [1.165, 1.54) is 18.2 Å². The van der Waals surface area contributed by atoms with E-state index in [2.05, 4.69) is 47.9 Å². The maximum Gasteiger partial charge on any atom is 0.138 e. The number of halogens is 1. The number of aromatic nitrogens is 5. The molecule has 4 saturated heterocycles. The van der Waals surface area contributed by atoms with Crippen molar-refractivity contribution in [1.29, 1.82) is 5.26 Å². The van der Waals surface area contributed by atoms with Gasteiger partial charge < -0.3 is 19.7 Å². The van der Waals surface area contributed by atoms with Crippen LogP contribution in [-0.2, 0) is 11.3 Å². The number of aromatic hydroxyl groups is 1. The van der Waals surface area contributed by atoms with Crippen molar-refractivity contribution >= 4 is 16.9 Å². The van der Waals surface area contributed by atoms with Gasteiger partial charge in [0, 0.05) is 83.4 Å². The molecule has 0 amide bonds. The van der Waals surface area contributed by atoms with Gasteiger partial charge in [-0.15, -0.1) is 0 Å². The summed E-state index contributed by atoms with van der Waals surface area (Å²) in [6.45, 7) is 3.89. The Morgan fingerprint density at radius 3 is 2.60 bits per heavy atom. The first kappa shape index (κ1) is 26.6. The molecule has 2 atom stereocenters. The van der Waals surface area contributed by atoms with Gasteiger partial charge in [-0.3, -0.25) is 9.58 Å². The number of nitrogens with zero attached hydrogens (tertiary/aromatic N) is 7. The van der Waals surface area contributed by atoms with Gasteiger partial charge in [0.25, 0.3) is 0 Å². The van der Waals surface area contributed by atoms with E-state index in [1.807, 2.05) is 24.5 Å². The number of hydrogen-bond donors (Lipinski definition) is 2.